The van der Waals surface area contributed by atoms with Crippen molar-refractivity contribution in [1.82, 2.24) is 4.90 Å². The van der Waals surface area contributed by atoms with Crippen molar-refractivity contribution < 1.29 is 9.53 Å². The molecule has 0 atom stereocenters. The quantitative estimate of drug-likeness (QED) is 0.762. The summed E-state index contributed by atoms with van der Waals surface area (Å²) in [5, 5.41) is 0. The van der Waals surface area contributed by atoms with Crippen LogP contribution >= 0.6 is 0 Å². The van der Waals surface area contributed by atoms with Crippen LogP contribution in [0.4, 0.5) is 0 Å². The third-order valence-corrected chi connectivity index (χ3v) is 3.38. The first-order valence-corrected chi connectivity index (χ1v) is 7.00. The van der Waals surface area contributed by atoms with E-state index in [-0.39, 0.29) is 5.78 Å². The number of nitrogens with zero attached hydrogens (tertiary/aromatic N) is 1. The fourth-order valence-corrected chi connectivity index (χ4v) is 2.19. The minimum atomic E-state index is 0.100. The number of hydrogen-bond donors (Lipinski definition) is 0. The molecule has 0 N–H and O–H groups in total. The molecule has 0 amide bonds. The largest absolute Gasteiger partial charge is 0.497 e. The second kappa shape index (κ2) is 7.04. The Labute approximate surface area is 126 Å². The number of carbonyl (C=O) groups excluding carboxylic acids is 1. The smallest absolute Gasteiger partial charge is 0.176 e. The zero-order valence-corrected chi connectivity index (χ0v) is 12.8. The van der Waals surface area contributed by atoms with E-state index in [1.807, 2.05) is 30.1 Å². The molecule has 3 heteroatoms. The maximum Gasteiger partial charge on any atom is 0.176 e. The number of Topliss-reactive ketones (excluding diaryl/α,β-unsaturated/α-hetero) is 1. The molecular formula is C18H21NO2. The monoisotopic (exact) mass is 283 g/mol. The number of aryl methyl sites for hydroxylation is 1. The molecule has 0 saturated heterocycles. The van der Waals surface area contributed by atoms with E-state index in [0.717, 1.165) is 6.54 Å². The number of rotatable bonds is 6. The third kappa shape index (κ3) is 4.43. The molecule has 0 spiro atoms. The Kier molecular flexibility index (Phi) is 5.12. The molecule has 2 rings (SSSR count). The molecule has 0 aromatic heterocycles. The summed E-state index contributed by atoms with van der Waals surface area (Å²) >= 11 is 0. The number of hydrogen-bond acceptors (Lipinski definition) is 3. The number of methoxy groups -OCH3 is 1. The first-order valence-electron chi connectivity index (χ1n) is 7.00. The van der Waals surface area contributed by atoms with E-state index < -0.39 is 0 Å². The van der Waals surface area contributed by atoms with Gasteiger partial charge in [0.15, 0.2) is 5.78 Å². The lowest BCUT2D eigenvalue weighted by Gasteiger charge is -2.16. The Morgan fingerprint density at radius 3 is 2.52 bits per heavy atom. The Balaban J connectivity index is 1.96. The number of benzene rings is 2. The number of likely N-dealkylation sites (N-methyl/N-ethyl adjacent to an activating group) is 1. The Bertz CT molecular complexity index is 605. The summed E-state index contributed by atoms with van der Waals surface area (Å²) in [7, 11) is 3.56. The summed E-state index contributed by atoms with van der Waals surface area (Å²) in [5.41, 5.74) is 3.14. The molecule has 110 valence electrons. The Hall–Kier alpha value is -2.13. The lowest BCUT2D eigenvalue weighted by atomic mass is 10.1. The van der Waals surface area contributed by atoms with Crippen molar-refractivity contribution >= 4 is 5.78 Å². The van der Waals surface area contributed by atoms with Gasteiger partial charge >= 0.3 is 0 Å². The fourth-order valence-electron chi connectivity index (χ4n) is 2.19. The van der Waals surface area contributed by atoms with Crippen LogP contribution in [0.5, 0.6) is 5.75 Å². The summed E-state index contributed by atoms with van der Waals surface area (Å²) in [6, 6.07) is 15.7. The molecule has 3 nitrogen and oxygen atoms in total. The van der Waals surface area contributed by atoms with Crippen LogP contribution in [0.25, 0.3) is 0 Å². The van der Waals surface area contributed by atoms with Gasteiger partial charge in [-0.2, -0.15) is 0 Å². The maximum atomic E-state index is 12.3. The standard InChI is InChI=1S/C18H21NO2/c1-14-7-9-15(10-8-14)12-19(2)13-18(20)16-5-4-6-17(11-16)21-3/h4-11H,12-13H2,1-3H3. The predicted molar refractivity (Wildman–Crippen MR) is 84.8 cm³/mol. The van der Waals surface area contributed by atoms with Gasteiger partial charge in [0.05, 0.1) is 13.7 Å². The van der Waals surface area contributed by atoms with Gasteiger partial charge in [-0.1, -0.05) is 42.0 Å². The van der Waals surface area contributed by atoms with Crippen LogP contribution < -0.4 is 4.74 Å². The Morgan fingerprint density at radius 2 is 1.86 bits per heavy atom. The topological polar surface area (TPSA) is 29.5 Å². The van der Waals surface area contributed by atoms with Gasteiger partial charge in [0.25, 0.3) is 0 Å². The van der Waals surface area contributed by atoms with Crippen molar-refractivity contribution in [3.8, 4) is 5.75 Å². The molecule has 0 saturated carbocycles. The molecule has 21 heavy (non-hydrogen) atoms. The van der Waals surface area contributed by atoms with Crippen LogP contribution in [-0.2, 0) is 6.54 Å². The molecule has 0 aliphatic heterocycles. The SMILES string of the molecule is COc1cccc(C(=O)CN(C)Cc2ccc(C)cc2)c1. The summed E-state index contributed by atoms with van der Waals surface area (Å²) in [6.07, 6.45) is 0. The summed E-state index contributed by atoms with van der Waals surface area (Å²) in [6.45, 7) is 3.22. The summed E-state index contributed by atoms with van der Waals surface area (Å²) in [5.74, 6) is 0.811. The highest BCUT2D eigenvalue weighted by Gasteiger charge is 2.10. The normalized spacial score (nSPS) is 10.7. The number of ether oxygens (including phenoxy) is 1. The lowest BCUT2D eigenvalue weighted by Crippen LogP contribution is -2.25. The van der Waals surface area contributed by atoms with Crippen LogP contribution in [0.1, 0.15) is 21.5 Å². The molecule has 0 unspecified atom stereocenters. The highest BCUT2D eigenvalue weighted by atomic mass is 16.5. The first kappa shape index (κ1) is 15.3. The maximum absolute atomic E-state index is 12.3. The molecule has 0 aliphatic rings. The van der Waals surface area contributed by atoms with Crippen molar-refractivity contribution in [1.29, 1.82) is 0 Å². The van der Waals surface area contributed by atoms with Crippen LogP contribution in [0.15, 0.2) is 48.5 Å². The molecule has 0 aliphatic carbocycles. The third-order valence-electron chi connectivity index (χ3n) is 3.38. The number of ketones is 1. The van der Waals surface area contributed by atoms with Crippen LogP contribution in [0.2, 0.25) is 0 Å². The van der Waals surface area contributed by atoms with Gasteiger partial charge in [-0.25, -0.2) is 0 Å². The minimum absolute atomic E-state index is 0.100. The second-order valence-electron chi connectivity index (χ2n) is 5.31. The van der Waals surface area contributed by atoms with Crippen LogP contribution in [0, 0.1) is 6.92 Å². The van der Waals surface area contributed by atoms with Crippen LogP contribution in [-0.4, -0.2) is 31.4 Å². The zero-order valence-electron chi connectivity index (χ0n) is 12.8. The van der Waals surface area contributed by atoms with Crippen molar-refractivity contribution in [3.63, 3.8) is 0 Å². The van der Waals surface area contributed by atoms with Crippen molar-refractivity contribution in [2.45, 2.75) is 13.5 Å². The van der Waals surface area contributed by atoms with E-state index in [1.54, 1.807) is 13.2 Å². The van der Waals surface area contributed by atoms with Crippen molar-refractivity contribution in [2.75, 3.05) is 20.7 Å². The van der Waals surface area contributed by atoms with Gasteiger partial charge in [-0.15, -0.1) is 0 Å². The lowest BCUT2D eigenvalue weighted by molar-refractivity contribution is 0.0942. The molecule has 2 aromatic carbocycles. The first-order chi connectivity index (χ1) is 10.1. The summed E-state index contributed by atoms with van der Waals surface area (Å²) < 4.78 is 5.15. The molecule has 0 heterocycles. The van der Waals surface area contributed by atoms with Crippen molar-refractivity contribution in [2.24, 2.45) is 0 Å². The van der Waals surface area contributed by atoms with E-state index in [4.69, 9.17) is 4.74 Å². The summed E-state index contributed by atoms with van der Waals surface area (Å²) in [4.78, 5) is 14.3. The van der Waals surface area contributed by atoms with E-state index in [9.17, 15) is 4.79 Å². The van der Waals surface area contributed by atoms with Gasteiger partial charge in [0.2, 0.25) is 0 Å². The van der Waals surface area contributed by atoms with E-state index >= 15 is 0 Å². The molecule has 0 bridgehead atoms. The van der Waals surface area contributed by atoms with Crippen LogP contribution in [0.3, 0.4) is 0 Å². The fraction of sp³-hybridized carbons (Fsp3) is 0.278. The highest BCUT2D eigenvalue weighted by molar-refractivity contribution is 5.97. The minimum Gasteiger partial charge on any atom is -0.497 e. The molecule has 2 aromatic rings. The van der Waals surface area contributed by atoms with Gasteiger partial charge in [-0.3, -0.25) is 9.69 Å². The Morgan fingerprint density at radius 1 is 1.14 bits per heavy atom. The van der Waals surface area contributed by atoms with E-state index in [2.05, 4.69) is 31.2 Å². The molecular weight excluding hydrogens is 262 g/mol. The second-order valence-corrected chi connectivity index (χ2v) is 5.31. The van der Waals surface area contributed by atoms with Crippen molar-refractivity contribution in [3.05, 3.63) is 65.2 Å². The highest BCUT2D eigenvalue weighted by Crippen LogP contribution is 2.14. The van der Waals surface area contributed by atoms with Gasteiger partial charge in [0.1, 0.15) is 5.75 Å². The predicted octanol–water partition coefficient (Wildman–Crippen LogP) is 3.32. The molecule has 0 radical (unpaired) electrons. The molecule has 0 fully saturated rings. The van der Waals surface area contributed by atoms with Gasteiger partial charge in [0, 0.05) is 12.1 Å². The van der Waals surface area contributed by atoms with Gasteiger partial charge < -0.3 is 4.74 Å². The average Bonchev–Trinajstić information content (AvgIpc) is 2.49. The average molecular weight is 283 g/mol. The number of carbonyl (C=O) groups is 1. The van der Waals surface area contributed by atoms with E-state index in [0.29, 0.717) is 17.9 Å². The van der Waals surface area contributed by atoms with Gasteiger partial charge in [-0.05, 0) is 31.7 Å². The van der Waals surface area contributed by atoms with E-state index in [1.165, 1.54) is 11.1 Å². The zero-order chi connectivity index (χ0) is 15.2.